The number of ether oxygens (including phenoxy) is 1. The molecule has 0 fully saturated rings. The molecule has 0 saturated heterocycles. The standard InChI is InChI=1S/C16H14O4/c1-20-14-4-2-3-12(15(14)16(18)19)8-5-11-6-9-13(17)10-7-11/h2-10,17H,1H3,(H,18,19). The van der Waals surface area contributed by atoms with Crippen molar-refractivity contribution >= 4 is 18.1 Å². The van der Waals surface area contributed by atoms with E-state index in [1.807, 2.05) is 0 Å². The number of aromatic carboxylic acids is 1. The van der Waals surface area contributed by atoms with Gasteiger partial charge in [-0.05, 0) is 29.3 Å². The number of phenols is 1. The molecule has 2 aromatic rings. The largest absolute Gasteiger partial charge is 0.508 e. The first-order valence-electron chi connectivity index (χ1n) is 5.99. The van der Waals surface area contributed by atoms with E-state index in [0.29, 0.717) is 11.3 Å². The van der Waals surface area contributed by atoms with Crippen LogP contribution in [0.3, 0.4) is 0 Å². The van der Waals surface area contributed by atoms with E-state index in [1.54, 1.807) is 54.6 Å². The number of aromatic hydroxyl groups is 1. The molecule has 0 atom stereocenters. The molecule has 0 heterocycles. The summed E-state index contributed by atoms with van der Waals surface area (Å²) in [6, 6.07) is 11.7. The van der Waals surface area contributed by atoms with Crippen LogP contribution in [0.5, 0.6) is 11.5 Å². The Bertz CT molecular complexity index is 642. The van der Waals surface area contributed by atoms with Gasteiger partial charge >= 0.3 is 5.97 Å². The van der Waals surface area contributed by atoms with Gasteiger partial charge in [0.15, 0.2) is 0 Å². The molecule has 0 aliphatic carbocycles. The molecule has 0 aliphatic rings. The Morgan fingerprint density at radius 3 is 2.40 bits per heavy atom. The van der Waals surface area contributed by atoms with Crippen LogP contribution in [0.25, 0.3) is 12.2 Å². The fourth-order valence-corrected chi connectivity index (χ4v) is 1.86. The Balaban J connectivity index is 2.38. The lowest BCUT2D eigenvalue weighted by Gasteiger charge is -2.07. The smallest absolute Gasteiger partial charge is 0.340 e. The number of hydrogen-bond acceptors (Lipinski definition) is 3. The van der Waals surface area contributed by atoms with E-state index in [1.165, 1.54) is 7.11 Å². The van der Waals surface area contributed by atoms with Crippen molar-refractivity contribution < 1.29 is 19.7 Å². The molecule has 2 N–H and O–H groups in total. The lowest BCUT2D eigenvalue weighted by Crippen LogP contribution is -2.02. The van der Waals surface area contributed by atoms with Gasteiger partial charge in [-0.1, -0.05) is 36.4 Å². The normalized spacial score (nSPS) is 10.7. The number of methoxy groups -OCH3 is 1. The summed E-state index contributed by atoms with van der Waals surface area (Å²) in [5.74, 6) is -0.520. The SMILES string of the molecule is COc1cccc(C=Cc2ccc(O)cc2)c1C(=O)O. The summed E-state index contributed by atoms with van der Waals surface area (Å²) in [7, 11) is 1.44. The van der Waals surface area contributed by atoms with Crippen molar-refractivity contribution in [3.63, 3.8) is 0 Å². The van der Waals surface area contributed by atoms with Crippen LogP contribution in [0.2, 0.25) is 0 Å². The third-order valence-corrected chi connectivity index (χ3v) is 2.84. The van der Waals surface area contributed by atoms with E-state index in [4.69, 9.17) is 4.74 Å². The first-order chi connectivity index (χ1) is 9.61. The quantitative estimate of drug-likeness (QED) is 0.837. The monoisotopic (exact) mass is 270 g/mol. The molecule has 0 aliphatic heterocycles. The first kappa shape index (κ1) is 13.7. The van der Waals surface area contributed by atoms with Gasteiger partial charge in [0.2, 0.25) is 0 Å². The molecule has 20 heavy (non-hydrogen) atoms. The van der Waals surface area contributed by atoms with Gasteiger partial charge < -0.3 is 14.9 Å². The van der Waals surface area contributed by atoms with E-state index < -0.39 is 5.97 Å². The number of carbonyl (C=O) groups is 1. The van der Waals surface area contributed by atoms with E-state index >= 15 is 0 Å². The summed E-state index contributed by atoms with van der Waals surface area (Å²) in [5.41, 5.74) is 1.55. The number of rotatable bonds is 4. The minimum absolute atomic E-state index is 0.130. The fourth-order valence-electron chi connectivity index (χ4n) is 1.86. The highest BCUT2D eigenvalue weighted by atomic mass is 16.5. The molecule has 0 radical (unpaired) electrons. The van der Waals surface area contributed by atoms with Crippen LogP contribution in [-0.4, -0.2) is 23.3 Å². The Morgan fingerprint density at radius 1 is 1.10 bits per heavy atom. The van der Waals surface area contributed by atoms with Crippen LogP contribution in [0.1, 0.15) is 21.5 Å². The zero-order valence-electron chi connectivity index (χ0n) is 10.9. The van der Waals surface area contributed by atoms with Gasteiger partial charge in [-0.3, -0.25) is 0 Å². The molecular weight excluding hydrogens is 256 g/mol. The number of phenolic OH excluding ortho intramolecular Hbond substituents is 1. The Labute approximate surface area is 116 Å². The highest BCUT2D eigenvalue weighted by molar-refractivity contribution is 5.96. The second-order valence-corrected chi connectivity index (χ2v) is 4.15. The van der Waals surface area contributed by atoms with Crippen molar-refractivity contribution in [2.45, 2.75) is 0 Å². The van der Waals surface area contributed by atoms with Crippen molar-refractivity contribution in [3.8, 4) is 11.5 Å². The zero-order chi connectivity index (χ0) is 14.5. The lowest BCUT2D eigenvalue weighted by atomic mass is 10.0. The average molecular weight is 270 g/mol. The van der Waals surface area contributed by atoms with Crippen molar-refractivity contribution in [1.29, 1.82) is 0 Å². The highest BCUT2D eigenvalue weighted by Gasteiger charge is 2.14. The number of carboxylic acid groups (broad SMARTS) is 1. The van der Waals surface area contributed by atoms with Crippen molar-refractivity contribution in [2.24, 2.45) is 0 Å². The van der Waals surface area contributed by atoms with Gasteiger partial charge in [-0.2, -0.15) is 0 Å². The maximum Gasteiger partial charge on any atom is 0.340 e. The molecule has 4 heteroatoms. The van der Waals surface area contributed by atoms with Gasteiger partial charge in [-0.15, -0.1) is 0 Å². The number of benzene rings is 2. The van der Waals surface area contributed by atoms with Gasteiger partial charge in [0.25, 0.3) is 0 Å². The highest BCUT2D eigenvalue weighted by Crippen LogP contribution is 2.24. The molecule has 102 valence electrons. The predicted octanol–water partition coefficient (Wildman–Crippen LogP) is 3.27. The third-order valence-electron chi connectivity index (χ3n) is 2.84. The molecule has 2 aromatic carbocycles. The number of carboxylic acids is 1. The molecular formula is C16H14O4. The molecule has 0 aromatic heterocycles. The van der Waals surface area contributed by atoms with Crippen LogP contribution in [0.15, 0.2) is 42.5 Å². The Hall–Kier alpha value is -2.75. The minimum atomic E-state index is -1.03. The van der Waals surface area contributed by atoms with Crippen molar-refractivity contribution in [3.05, 3.63) is 59.2 Å². The van der Waals surface area contributed by atoms with Crippen molar-refractivity contribution in [2.75, 3.05) is 7.11 Å². The van der Waals surface area contributed by atoms with E-state index in [0.717, 1.165) is 5.56 Å². The second-order valence-electron chi connectivity index (χ2n) is 4.15. The maximum absolute atomic E-state index is 11.3. The molecule has 4 nitrogen and oxygen atoms in total. The summed E-state index contributed by atoms with van der Waals surface area (Å²) < 4.78 is 5.07. The second kappa shape index (κ2) is 5.93. The van der Waals surface area contributed by atoms with E-state index in [2.05, 4.69) is 0 Å². The van der Waals surface area contributed by atoms with Gasteiger partial charge in [0.05, 0.1) is 7.11 Å². The van der Waals surface area contributed by atoms with E-state index in [-0.39, 0.29) is 11.3 Å². The molecule has 0 spiro atoms. The van der Waals surface area contributed by atoms with Gasteiger partial charge in [-0.25, -0.2) is 4.79 Å². The van der Waals surface area contributed by atoms with Crippen LogP contribution >= 0.6 is 0 Å². The average Bonchev–Trinajstić information content (AvgIpc) is 2.46. The first-order valence-corrected chi connectivity index (χ1v) is 5.99. The summed E-state index contributed by atoms with van der Waals surface area (Å²) >= 11 is 0. The van der Waals surface area contributed by atoms with Crippen molar-refractivity contribution in [1.82, 2.24) is 0 Å². The molecule has 0 bridgehead atoms. The van der Waals surface area contributed by atoms with Gasteiger partial charge in [0, 0.05) is 0 Å². The molecule has 0 amide bonds. The summed E-state index contributed by atoms with van der Waals surface area (Å²) in [6.45, 7) is 0. The van der Waals surface area contributed by atoms with Crippen LogP contribution < -0.4 is 4.74 Å². The topological polar surface area (TPSA) is 66.8 Å². The minimum Gasteiger partial charge on any atom is -0.508 e. The Kier molecular flexibility index (Phi) is 4.05. The summed E-state index contributed by atoms with van der Waals surface area (Å²) in [5, 5.41) is 18.5. The summed E-state index contributed by atoms with van der Waals surface area (Å²) in [6.07, 6.45) is 3.49. The lowest BCUT2D eigenvalue weighted by molar-refractivity contribution is 0.0693. The zero-order valence-corrected chi connectivity index (χ0v) is 10.9. The fraction of sp³-hybridized carbons (Fsp3) is 0.0625. The predicted molar refractivity (Wildman–Crippen MR) is 77.0 cm³/mol. The summed E-state index contributed by atoms with van der Waals surface area (Å²) in [4.78, 5) is 11.3. The Morgan fingerprint density at radius 2 is 1.80 bits per heavy atom. The number of hydrogen-bond donors (Lipinski definition) is 2. The van der Waals surface area contributed by atoms with E-state index in [9.17, 15) is 15.0 Å². The molecule has 0 unspecified atom stereocenters. The van der Waals surface area contributed by atoms with Crippen LogP contribution in [-0.2, 0) is 0 Å². The van der Waals surface area contributed by atoms with Gasteiger partial charge in [0.1, 0.15) is 17.1 Å². The van der Waals surface area contributed by atoms with Crippen LogP contribution in [0.4, 0.5) is 0 Å². The molecule has 2 rings (SSSR count). The third kappa shape index (κ3) is 2.98. The maximum atomic E-state index is 11.3. The molecule has 0 saturated carbocycles. The van der Waals surface area contributed by atoms with Crippen LogP contribution in [0, 0.1) is 0 Å².